The average molecular weight is 369 g/mol. The maximum Gasteiger partial charge on any atom is 0.275 e. The third-order valence-corrected chi connectivity index (χ3v) is 5.03. The fourth-order valence-electron chi connectivity index (χ4n) is 3.33. The van der Waals surface area contributed by atoms with Crippen LogP contribution in [0, 0.1) is 5.82 Å². The van der Waals surface area contributed by atoms with Crippen LogP contribution in [0.15, 0.2) is 54.6 Å². The first-order valence-corrected chi connectivity index (χ1v) is 9.44. The summed E-state index contributed by atoms with van der Waals surface area (Å²) in [5.41, 5.74) is 1.63. The highest BCUT2D eigenvalue weighted by molar-refractivity contribution is 5.88. The number of carbonyl (C=O) groups excluding carboxylic acids is 2. The number of carbonyl (C=O) groups is 2. The van der Waals surface area contributed by atoms with Gasteiger partial charge in [0.15, 0.2) is 12.3 Å². The van der Waals surface area contributed by atoms with Gasteiger partial charge in [-0.2, -0.15) is 0 Å². The van der Waals surface area contributed by atoms with Gasteiger partial charge in [0.25, 0.3) is 5.91 Å². The van der Waals surface area contributed by atoms with E-state index in [1.165, 1.54) is 13.0 Å². The minimum absolute atomic E-state index is 0.0609. The van der Waals surface area contributed by atoms with E-state index in [0.29, 0.717) is 24.6 Å². The van der Waals surface area contributed by atoms with Crippen LogP contribution in [0.25, 0.3) is 0 Å². The molecule has 2 atom stereocenters. The highest BCUT2D eigenvalue weighted by Gasteiger charge is 2.35. The van der Waals surface area contributed by atoms with E-state index in [4.69, 9.17) is 0 Å². The lowest BCUT2D eigenvalue weighted by Gasteiger charge is -2.21. The summed E-state index contributed by atoms with van der Waals surface area (Å²) in [6.45, 7) is 2.23. The fraction of sp³-hybridized carbons (Fsp3) is 0.364. The first-order valence-electron chi connectivity index (χ1n) is 9.44. The molecule has 2 aromatic carbocycles. The van der Waals surface area contributed by atoms with Gasteiger partial charge in [0.2, 0.25) is 0 Å². The molecule has 0 radical (unpaired) electrons. The van der Waals surface area contributed by atoms with Crippen LogP contribution >= 0.6 is 0 Å². The molecule has 0 heterocycles. The largest absolute Gasteiger partial charge is 0.341 e. The van der Waals surface area contributed by atoms with Gasteiger partial charge in [0, 0.05) is 18.4 Å². The van der Waals surface area contributed by atoms with Crippen LogP contribution in [-0.4, -0.2) is 30.3 Å². The lowest BCUT2D eigenvalue weighted by Crippen LogP contribution is -3.13. The number of quaternary nitrogens is 1. The van der Waals surface area contributed by atoms with Gasteiger partial charge in [-0.05, 0) is 25.0 Å². The van der Waals surface area contributed by atoms with Crippen molar-refractivity contribution in [1.29, 1.82) is 0 Å². The molecule has 5 heteroatoms. The van der Waals surface area contributed by atoms with Gasteiger partial charge in [0.05, 0.1) is 12.1 Å². The maximum atomic E-state index is 14.0. The Morgan fingerprint density at radius 1 is 1.11 bits per heavy atom. The molecule has 0 spiro atoms. The number of halogens is 1. The Morgan fingerprint density at radius 3 is 2.41 bits per heavy atom. The maximum absolute atomic E-state index is 14.0. The summed E-state index contributed by atoms with van der Waals surface area (Å²) in [5, 5.41) is 2.88. The highest BCUT2D eigenvalue weighted by atomic mass is 19.1. The number of rotatable bonds is 9. The van der Waals surface area contributed by atoms with E-state index < -0.39 is 6.04 Å². The van der Waals surface area contributed by atoms with Crippen LogP contribution in [0.4, 0.5) is 4.39 Å². The van der Waals surface area contributed by atoms with Crippen LogP contribution in [0.2, 0.25) is 0 Å². The molecule has 4 nitrogen and oxygen atoms in total. The molecular weight excluding hydrogens is 343 g/mol. The molecule has 2 N–H and O–H groups in total. The third-order valence-electron chi connectivity index (χ3n) is 5.03. The Hall–Kier alpha value is -2.53. The molecule has 27 heavy (non-hydrogen) atoms. The molecule has 1 aliphatic carbocycles. The predicted molar refractivity (Wildman–Crippen MR) is 102 cm³/mol. The summed E-state index contributed by atoms with van der Waals surface area (Å²) in [5.74, 6) is -0.458. The number of Topliss-reactive ketones (excluding diaryl/α,β-unsaturated/α-hetero) is 1. The second kappa shape index (κ2) is 8.91. The standard InChI is InChI=1S/C22H25FN2O2/c1-16(26)21(13-17-7-3-2-4-8-17)24-22(27)15-25(19-11-12-19)14-18-9-5-6-10-20(18)23/h2-10,19,21H,11-15H2,1H3,(H,24,27)/p+1/t21-/m0/s1. The van der Waals surface area contributed by atoms with Crippen molar-refractivity contribution in [3.05, 3.63) is 71.5 Å². The molecule has 0 aromatic heterocycles. The smallest absolute Gasteiger partial charge is 0.275 e. The van der Waals surface area contributed by atoms with Crippen LogP contribution in [0.1, 0.15) is 30.9 Å². The monoisotopic (exact) mass is 369 g/mol. The number of ketones is 1. The zero-order valence-electron chi connectivity index (χ0n) is 15.6. The number of hydrogen-bond donors (Lipinski definition) is 2. The molecule has 1 saturated carbocycles. The van der Waals surface area contributed by atoms with E-state index in [1.54, 1.807) is 12.1 Å². The van der Waals surface area contributed by atoms with Gasteiger partial charge in [0.1, 0.15) is 12.4 Å². The SMILES string of the molecule is CC(=O)[C@H](Cc1ccccc1)NC(=O)C[NH+](Cc1ccccc1F)C1CC1. The first-order chi connectivity index (χ1) is 13.0. The molecule has 1 amide bonds. The Labute approximate surface area is 159 Å². The van der Waals surface area contributed by atoms with Crippen LogP contribution in [0.5, 0.6) is 0 Å². The van der Waals surface area contributed by atoms with E-state index in [9.17, 15) is 14.0 Å². The number of hydrogen-bond acceptors (Lipinski definition) is 2. The van der Waals surface area contributed by atoms with E-state index in [0.717, 1.165) is 23.3 Å². The Kier molecular flexibility index (Phi) is 6.35. The molecule has 1 aliphatic rings. The summed E-state index contributed by atoms with van der Waals surface area (Å²) in [7, 11) is 0. The summed E-state index contributed by atoms with van der Waals surface area (Å²) in [6, 6.07) is 16.2. The van der Waals surface area contributed by atoms with Gasteiger partial charge in [-0.1, -0.05) is 48.5 Å². The van der Waals surface area contributed by atoms with E-state index >= 15 is 0 Å². The quantitative estimate of drug-likeness (QED) is 0.707. The van der Waals surface area contributed by atoms with Gasteiger partial charge in [-0.15, -0.1) is 0 Å². The molecule has 0 aliphatic heterocycles. The van der Waals surface area contributed by atoms with Crippen molar-refractivity contribution in [2.45, 2.75) is 44.8 Å². The molecule has 1 fully saturated rings. The Morgan fingerprint density at radius 2 is 1.78 bits per heavy atom. The van der Waals surface area contributed by atoms with E-state index in [2.05, 4.69) is 5.32 Å². The van der Waals surface area contributed by atoms with Crippen molar-refractivity contribution in [2.24, 2.45) is 0 Å². The summed E-state index contributed by atoms with van der Waals surface area (Å²) in [6.07, 6.45) is 2.59. The summed E-state index contributed by atoms with van der Waals surface area (Å²) < 4.78 is 14.0. The van der Waals surface area contributed by atoms with Crippen LogP contribution in [0.3, 0.4) is 0 Å². The first kappa shape index (κ1) is 19.2. The third kappa shape index (κ3) is 5.73. The number of nitrogens with one attached hydrogen (secondary N) is 2. The molecule has 0 bridgehead atoms. The normalized spacial score (nSPS) is 15.8. The highest BCUT2D eigenvalue weighted by Crippen LogP contribution is 2.16. The minimum Gasteiger partial charge on any atom is -0.341 e. The molecule has 142 valence electrons. The Bertz CT molecular complexity index is 790. The zero-order valence-corrected chi connectivity index (χ0v) is 15.6. The van der Waals surface area contributed by atoms with Crippen molar-refractivity contribution in [2.75, 3.05) is 6.54 Å². The molecule has 1 unspecified atom stereocenters. The van der Waals surface area contributed by atoms with Gasteiger partial charge in [-0.3, -0.25) is 9.59 Å². The molecule has 3 rings (SSSR count). The second-order valence-corrected chi connectivity index (χ2v) is 7.30. The average Bonchev–Trinajstić information content (AvgIpc) is 3.48. The van der Waals surface area contributed by atoms with Gasteiger partial charge < -0.3 is 10.2 Å². The van der Waals surface area contributed by atoms with E-state index in [1.807, 2.05) is 36.4 Å². The Balaban J connectivity index is 1.61. The number of benzene rings is 2. The second-order valence-electron chi connectivity index (χ2n) is 7.30. The van der Waals surface area contributed by atoms with Gasteiger partial charge in [-0.25, -0.2) is 4.39 Å². The van der Waals surface area contributed by atoms with E-state index in [-0.39, 0.29) is 24.1 Å². The predicted octanol–water partition coefficient (Wildman–Crippen LogP) is 1.69. The molecule has 2 aromatic rings. The number of amides is 1. The van der Waals surface area contributed by atoms with Crippen molar-refractivity contribution < 1.29 is 18.9 Å². The molecular formula is C22H26FN2O2+. The van der Waals surface area contributed by atoms with Crippen molar-refractivity contribution in [3.63, 3.8) is 0 Å². The van der Waals surface area contributed by atoms with Crippen molar-refractivity contribution in [3.8, 4) is 0 Å². The van der Waals surface area contributed by atoms with Gasteiger partial charge >= 0.3 is 0 Å². The lowest BCUT2D eigenvalue weighted by molar-refractivity contribution is -0.917. The van der Waals surface area contributed by atoms with Crippen molar-refractivity contribution in [1.82, 2.24) is 5.32 Å². The molecule has 0 saturated heterocycles. The lowest BCUT2D eigenvalue weighted by atomic mass is 10.0. The minimum atomic E-state index is -0.534. The fourth-order valence-corrected chi connectivity index (χ4v) is 3.33. The van der Waals surface area contributed by atoms with Crippen molar-refractivity contribution >= 4 is 11.7 Å². The summed E-state index contributed by atoms with van der Waals surface area (Å²) in [4.78, 5) is 25.6. The summed E-state index contributed by atoms with van der Waals surface area (Å²) >= 11 is 0. The zero-order chi connectivity index (χ0) is 19.2. The van der Waals surface area contributed by atoms with Crippen LogP contribution < -0.4 is 10.2 Å². The topological polar surface area (TPSA) is 50.6 Å². The van der Waals surface area contributed by atoms with Crippen LogP contribution in [-0.2, 0) is 22.6 Å².